The van der Waals surface area contributed by atoms with E-state index in [1.54, 1.807) is 42.5 Å². The van der Waals surface area contributed by atoms with Crippen molar-refractivity contribution >= 4 is 76.5 Å². The van der Waals surface area contributed by atoms with Crippen molar-refractivity contribution in [3.8, 4) is 11.5 Å². The summed E-state index contributed by atoms with van der Waals surface area (Å²) in [6.45, 7) is 0. The number of aromatic hydroxyl groups is 2. The summed E-state index contributed by atoms with van der Waals surface area (Å²) in [6.07, 6.45) is 0. The zero-order valence-electron chi connectivity index (χ0n) is 23.2. The predicted molar refractivity (Wildman–Crippen MR) is 168 cm³/mol. The fourth-order valence-electron chi connectivity index (χ4n) is 4.14. The van der Waals surface area contributed by atoms with Crippen molar-refractivity contribution in [3.05, 3.63) is 84.9 Å². The van der Waals surface area contributed by atoms with Gasteiger partial charge in [0.2, 0.25) is 0 Å². The topological polar surface area (TPSA) is 275 Å². The molecule has 16 nitrogen and oxygen atoms in total. The Kier molecular flexibility index (Phi) is 8.44. The minimum atomic E-state index is -5.04. The minimum absolute atomic E-state index is 0.0471. The van der Waals surface area contributed by atoms with E-state index in [9.17, 15) is 36.2 Å². The number of nitrogens with zero attached hydrogens (tertiary/aromatic N) is 6. The number of azo groups is 3. The van der Waals surface area contributed by atoms with E-state index < -0.39 is 52.8 Å². The Hall–Kier alpha value is -5.82. The third-order valence-corrected chi connectivity index (χ3v) is 8.07. The molecule has 5 aromatic rings. The zero-order valence-corrected chi connectivity index (χ0v) is 24.8. The normalized spacial score (nSPS) is 12.6. The number of hydrogen-bond acceptors (Lipinski definition) is 14. The van der Waals surface area contributed by atoms with Crippen LogP contribution >= 0.6 is 0 Å². The van der Waals surface area contributed by atoms with E-state index >= 15 is 0 Å². The first kappa shape index (κ1) is 31.6. The number of fused-ring (bicyclic) bond motifs is 1. The number of nitrogen functional groups attached to an aromatic ring is 2. The monoisotopic (exact) mass is 662 g/mol. The summed E-state index contributed by atoms with van der Waals surface area (Å²) >= 11 is 0. The summed E-state index contributed by atoms with van der Waals surface area (Å²) in [6, 6.07) is 20.1. The molecule has 0 bridgehead atoms. The molecular formula is C28H22N8O8S2. The van der Waals surface area contributed by atoms with Gasteiger partial charge < -0.3 is 21.7 Å². The predicted octanol–water partition coefficient (Wildman–Crippen LogP) is 7.16. The molecule has 0 aromatic heterocycles. The van der Waals surface area contributed by atoms with Gasteiger partial charge in [0.15, 0.2) is 5.75 Å². The lowest BCUT2D eigenvalue weighted by Gasteiger charge is -2.14. The fraction of sp³-hybridized carbons (Fsp3) is 0. The highest BCUT2D eigenvalue weighted by molar-refractivity contribution is 7.86. The van der Waals surface area contributed by atoms with Gasteiger partial charge in [-0.2, -0.15) is 32.2 Å². The third kappa shape index (κ3) is 6.64. The molecule has 0 fully saturated rings. The third-order valence-electron chi connectivity index (χ3n) is 6.34. The van der Waals surface area contributed by atoms with Gasteiger partial charge in [0.05, 0.1) is 28.1 Å². The van der Waals surface area contributed by atoms with Gasteiger partial charge in [0.1, 0.15) is 38.3 Å². The Labute approximate surface area is 260 Å². The summed E-state index contributed by atoms with van der Waals surface area (Å²) in [4.78, 5) is -1.77. The van der Waals surface area contributed by atoms with Crippen LogP contribution in [0.1, 0.15) is 0 Å². The lowest BCUT2D eigenvalue weighted by atomic mass is 10.1. The first-order valence-corrected chi connectivity index (χ1v) is 15.7. The van der Waals surface area contributed by atoms with Crippen molar-refractivity contribution in [3.63, 3.8) is 0 Å². The van der Waals surface area contributed by atoms with Gasteiger partial charge in [-0.05, 0) is 66.0 Å². The average Bonchev–Trinajstić information content (AvgIpc) is 3.00. The van der Waals surface area contributed by atoms with Crippen LogP contribution in [0.5, 0.6) is 11.5 Å². The van der Waals surface area contributed by atoms with Gasteiger partial charge >= 0.3 is 0 Å². The van der Waals surface area contributed by atoms with Gasteiger partial charge in [-0.1, -0.05) is 24.3 Å². The number of nitrogens with two attached hydrogens (primary N) is 2. The second-order valence-corrected chi connectivity index (χ2v) is 12.2. The zero-order chi connectivity index (χ0) is 33.2. The van der Waals surface area contributed by atoms with E-state index in [-0.39, 0.29) is 39.3 Å². The van der Waals surface area contributed by atoms with Crippen LogP contribution in [-0.4, -0.2) is 36.2 Å². The van der Waals surface area contributed by atoms with Crippen molar-refractivity contribution in [2.45, 2.75) is 9.79 Å². The van der Waals surface area contributed by atoms with Crippen molar-refractivity contribution in [2.24, 2.45) is 30.7 Å². The SMILES string of the molecule is Nc1c(O)cccc1N=Nc1ccc(N=Nc2c(S(=O)(=O)O)cc3cc(S(=O)(=O)O)c(N=Nc4ccccc4)c(O)c3c2N)cc1. The van der Waals surface area contributed by atoms with Crippen LogP contribution in [0.4, 0.5) is 45.5 Å². The molecule has 0 unspecified atom stereocenters. The first-order chi connectivity index (χ1) is 21.7. The molecule has 0 aliphatic carbocycles. The Bertz CT molecular complexity index is 2300. The molecule has 46 heavy (non-hydrogen) atoms. The van der Waals surface area contributed by atoms with E-state index in [1.807, 2.05) is 0 Å². The van der Waals surface area contributed by atoms with Gasteiger partial charge in [-0.3, -0.25) is 9.11 Å². The van der Waals surface area contributed by atoms with E-state index in [0.29, 0.717) is 5.69 Å². The molecule has 0 aliphatic heterocycles. The van der Waals surface area contributed by atoms with E-state index in [2.05, 4.69) is 30.7 Å². The Morgan fingerprint density at radius 1 is 0.543 bits per heavy atom. The van der Waals surface area contributed by atoms with Gasteiger partial charge in [0.25, 0.3) is 20.2 Å². The molecule has 0 saturated heterocycles. The highest BCUT2D eigenvalue weighted by atomic mass is 32.2. The summed E-state index contributed by atoms with van der Waals surface area (Å²) in [7, 11) is -10.1. The minimum Gasteiger partial charge on any atom is -0.506 e. The molecular weight excluding hydrogens is 640 g/mol. The van der Waals surface area contributed by atoms with Crippen LogP contribution in [0.25, 0.3) is 10.8 Å². The standard InChI is InChI=1S/C28H22N8O8S2/c29-24-19(7-4-8-20(24)37)34-31-17-9-11-18(12-10-17)33-35-26-21(45(39,40)41)13-15-14-22(46(42,43)44)27(28(38)23(15)25(26)30)36-32-16-5-2-1-3-6-16/h1-14,37-38H,29-30H2,(H,39,40,41)(H,42,43,44). The fourth-order valence-corrected chi connectivity index (χ4v) is 5.47. The van der Waals surface area contributed by atoms with Gasteiger partial charge in [0, 0.05) is 0 Å². The second kappa shape index (κ2) is 12.3. The Morgan fingerprint density at radius 2 is 1.04 bits per heavy atom. The number of anilines is 2. The van der Waals surface area contributed by atoms with Crippen LogP contribution < -0.4 is 11.5 Å². The molecule has 0 saturated carbocycles. The Morgan fingerprint density at radius 3 is 1.61 bits per heavy atom. The smallest absolute Gasteiger partial charge is 0.296 e. The number of phenols is 2. The van der Waals surface area contributed by atoms with Crippen LogP contribution in [0.3, 0.4) is 0 Å². The second-order valence-electron chi connectivity index (χ2n) is 9.42. The van der Waals surface area contributed by atoms with Crippen LogP contribution in [0, 0.1) is 0 Å². The maximum atomic E-state index is 12.3. The lowest BCUT2D eigenvalue weighted by molar-refractivity contribution is 0.472. The van der Waals surface area contributed by atoms with E-state index in [0.717, 1.165) is 12.1 Å². The number of para-hydroxylation sites is 1. The summed E-state index contributed by atoms with van der Waals surface area (Å²) in [5, 5.41) is 43.8. The molecule has 0 atom stereocenters. The van der Waals surface area contributed by atoms with Gasteiger partial charge in [-0.15, -0.1) is 15.3 Å². The van der Waals surface area contributed by atoms with E-state index in [1.165, 1.54) is 30.3 Å². The molecule has 0 aliphatic rings. The molecule has 8 N–H and O–H groups in total. The summed E-state index contributed by atoms with van der Waals surface area (Å²) in [5.41, 5.74) is 11.3. The number of phenolic OH excluding ortho intramolecular Hbond substituents is 2. The van der Waals surface area contributed by atoms with Gasteiger partial charge in [-0.25, -0.2) is 0 Å². The maximum absolute atomic E-state index is 12.3. The molecule has 0 spiro atoms. The number of rotatable bonds is 8. The lowest BCUT2D eigenvalue weighted by Crippen LogP contribution is -2.03. The van der Waals surface area contributed by atoms with Crippen molar-refractivity contribution in [1.82, 2.24) is 0 Å². The molecule has 5 aromatic carbocycles. The van der Waals surface area contributed by atoms with Crippen molar-refractivity contribution < 1.29 is 36.2 Å². The molecule has 5 rings (SSSR count). The highest BCUT2D eigenvalue weighted by Gasteiger charge is 2.28. The Balaban J connectivity index is 1.59. The molecule has 0 radical (unpaired) electrons. The maximum Gasteiger partial charge on any atom is 0.296 e. The van der Waals surface area contributed by atoms with Crippen LogP contribution in [0.15, 0.2) is 125 Å². The summed E-state index contributed by atoms with van der Waals surface area (Å²) in [5.74, 6) is -1.02. The largest absolute Gasteiger partial charge is 0.506 e. The summed E-state index contributed by atoms with van der Waals surface area (Å²) < 4.78 is 68.8. The molecule has 18 heteroatoms. The first-order valence-electron chi connectivity index (χ1n) is 12.8. The number of hydrogen-bond donors (Lipinski definition) is 6. The van der Waals surface area contributed by atoms with Crippen LogP contribution in [0.2, 0.25) is 0 Å². The highest BCUT2D eigenvalue weighted by Crippen LogP contribution is 2.48. The quantitative estimate of drug-likeness (QED) is 0.0422. The number of benzene rings is 5. The molecule has 234 valence electrons. The van der Waals surface area contributed by atoms with Crippen molar-refractivity contribution in [2.75, 3.05) is 11.5 Å². The average molecular weight is 663 g/mol. The van der Waals surface area contributed by atoms with Crippen LogP contribution in [-0.2, 0) is 20.2 Å². The van der Waals surface area contributed by atoms with E-state index in [4.69, 9.17) is 11.5 Å². The molecule has 0 amide bonds. The van der Waals surface area contributed by atoms with Crippen molar-refractivity contribution in [1.29, 1.82) is 0 Å². The molecule has 0 heterocycles.